The molecule has 6 nitrogen and oxygen atoms in total. The van der Waals surface area contributed by atoms with Crippen molar-refractivity contribution in [2.45, 2.75) is 104 Å². The summed E-state index contributed by atoms with van der Waals surface area (Å²) in [7, 11) is 0. The molecule has 0 spiro atoms. The molecule has 0 aromatic rings. The third kappa shape index (κ3) is 27.3. The van der Waals surface area contributed by atoms with E-state index >= 15 is 0 Å². The Hall–Kier alpha value is -0.690. The third-order valence-corrected chi connectivity index (χ3v) is 4.79. The molecule has 6 heteroatoms. The first-order valence-corrected chi connectivity index (χ1v) is 12.7. The van der Waals surface area contributed by atoms with Crippen LogP contribution in [0.4, 0.5) is 0 Å². The first-order valence-electron chi connectivity index (χ1n) is 12.7. The van der Waals surface area contributed by atoms with E-state index in [1.54, 1.807) is 0 Å². The van der Waals surface area contributed by atoms with Crippen LogP contribution in [0, 0.1) is 0 Å². The zero-order valence-corrected chi connectivity index (χ0v) is 20.7. The zero-order valence-electron chi connectivity index (χ0n) is 20.7. The lowest BCUT2D eigenvalue weighted by molar-refractivity contribution is -0.147. The van der Waals surface area contributed by atoms with E-state index in [1.807, 2.05) is 13.8 Å². The molecule has 0 amide bonds. The standard InChI is InChI=1S/C25H50O6/c1-4-5-6-7-8-9-10-11-12-13-16-27-18-20-29-22-23-30-21-19-28-17-14-15-25(26)31-24(2)3/h24H,4-23H2,1-3H3. The number of unbranched alkanes of at least 4 members (excludes halogenated alkanes) is 9. The van der Waals surface area contributed by atoms with E-state index in [1.165, 1.54) is 57.8 Å². The Bertz CT molecular complexity index is 362. The van der Waals surface area contributed by atoms with Crippen molar-refractivity contribution < 1.29 is 28.5 Å². The maximum absolute atomic E-state index is 11.3. The Morgan fingerprint density at radius 1 is 0.548 bits per heavy atom. The van der Waals surface area contributed by atoms with E-state index in [-0.39, 0.29) is 12.1 Å². The molecule has 0 atom stereocenters. The number of hydrogen-bond acceptors (Lipinski definition) is 6. The van der Waals surface area contributed by atoms with E-state index < -0.39 is 0 Å². The van der Waals surface area contributed by atoms with E-state index in [2.05, 4.69) is 6.92 Å². The number of esters is 1. The van der Waals surface area contributed by atoms with Crippen molar-refractivity contribution in [2.24, 2.45) is 0 Å². The molecule has 0 aliphatic carbocycles. The molecule has 0 aliphatic rings. The topological polar surface area (TPSA) is 63.2 Å². The molecular formula is C25H50O6. The van der Waals surface area contributed by atoms with Gasteiger partial charge in [0.25, 0.3) is 0 Å². The van der Waals surface area contributed by atoms with Gasteiger partial charge in [0.1, 0.15) is 0 Å². The Morgan fingerprint density at radius 2 is 0.935 bits per heavy atom. The van der Waals surface area contributed by atoms with Crippen LogP contribution < -0.4 is 0 Å². The van der Waals surface area contributed by atoms with Gasteiger partial charge in [0.2, 0.25) is 0 Å². The van der Waals surface area contributed by atoms with Gasteiger partial charge in [-0.25, -0.2) is 0 Å². The van der Waals surface area contributed by atoms with Gasteiger partial charge in [0, 0.05) is 19.6 Å². The zero-order chi connectivity index (χ0) is 22.8. The number of rotatable bonds is 25. The normalized spacial score (nSPS) is 11.4. The van der Waals surface area contributed by atoms with Gasteiger partial charge in [-0.2, -0.15) is 0 Å². The Balaban J connectivity index is 3.06. The smallest absolute Gasteiger partial charge is 0.306 e. The fourth-order valence-corrected chi connectivity index (χ4v) is 3.09. The molecule has 0 radical (unpaired) electrons. The van der Waals surface area contributed by atoms with E-state index in [0.717, 1.165) is 13.0 Å². The SMILES string of the molecule is CCCCCCCCCCCCOCCOCCOCCOCCCC(=O)OC(C)C. The van der Waals surface area contributed by atoms with Crippen LogP contribution in [-0.2, 0) is 28.5 Å². The molecule has 0 bridgehead atoms. The van der Waals surface area contributed by atoms with Crippen LogP contribution in [0.3, 0.4) is 0 Å². The van der Waals surface area contributed by atoms with Crippen LogP contribution >= 0.6 is 0 Å². The van der Waals surface area contributed by atoms with Gasteiger partial charge in [0.05, 0.1) is 45.7 Å². The predicted molar refractivity (Wildman–Crippen MR) is 126 cm³/mol. The highest BCUT2D eigenvalue weighted by atomic mass is 16.6. The van der Waals surface area contributed by atoms with Gasteiger partial charge < -0.3 is 23.7 Å². The average molecular weight is 447 g/mol. The van der Waals surface area contributed by atoms with Crippen molar-refractivity contribution in [3.8, 4) is 0 Å². The fraction of sp³-hybridized carbons (Fsp3) is 0.960. The van der Waals surface area contributed by atoms with Crippen LogP contribution in [0.25, 0.3) is 0 Å². The number of carbonyl (C=O) groups is 1. The summed E-state index contributed by atoms with van der Waals surface area (Å²) >= 11 is 0. The van der Waals surface area contributed by atoms with Crippen LogP contribution in [0.15, 0.2) is 0 Å². The van der Waals surface area contributed by atoms with Gasteiger partial charge in [-0.1, -0.05) is 64.7 Å². The minimum absolute atomic E-state index is 0.0554. The average Bonchev–Trinajstić information content (AvgIpc) is 2.73. The summed E-state index contributed by atoms with van der Waals surface area (Å²) in [5.74, 6) is -0.167. The summed E-state index contributed by atoms with van der Waals surface area (Å²) < 4.78 is 27.0. The monoisotopic (exact) mass is 446 g/mol. The van der Waals surface area contributed by atoms with Gasteiger partial charge in [-0.05, 0) is 26.7 Å². The molecule has 0 fully saturated rings. The highest BCUT2D eigenvalue weighted by molar-refractivity contribution is 5.69. The van der Waals surface area contributed by atoms with Crippen LogP contribution in [0.2, 0.25) is 0 Å². The minimum atomic E-state index is -0.167. The van der Waals surface area contributed by atoms with Crippen molar-refractivity contribution in [2.75, 3.05) is 52.9 Å². The number of hydrogen-bond donors (Lipinski definition) is 0. The second kappa shape index (κ2) is 25.6. The number of carbonyl (C=O) groups excluding carboxylic acids is 1. The van der Waals surface area contributed by atoms with Gasteiger partial charge >= 0.3 is 5.97 Å². The molecule has 0 saturated carbocycles. The highest BCUT2D eigenvalue weighted by Gasteiger charge is 2.04. The quantitative estimate of drug-likeness (QED) is 0.132. The Morgan fingerprint density at radius 3 is 1.39 bits per heavy atom. The molecule has 0 aromatic heterocycles. The number of ether oxygens (including phenoxy) is 5. The lowest BCUT2D eigenvalue weighted by Crippen LogP contribution is -2.13. The van der Waals surface area contributed by atoms with Crippen LogP contribution in [0.5, 0.6) is 0 Å². The molecule has 31 heavy (non-hydrogen) atoms. The van der Waals surface area contributed by atoms with Gasteiger partial charge in [0.15, 0.2) is 0 Å². The highest BCUT2D eigenvalue weighted by Crippen LogP contribution is 2.10. The molecular weight excluding hydrogens is 396 g/mol. The molecule has 0 aromatic carbocycles. The van der Waals surface area contributed by atoms with Crippen molar-refractivity contribution in [3.63, 3.8) is 0 Å². The van der Waals surface area contributed by atoms with Crippen molar-refractivity contribution in [3.05, 3.63) is 0 Å². The van der Waals surface area contributed by atoms with Crippen LogP contribution in [0.1, 0.15) is 97.8 Å². The Kier molecular flexibility index (Phi) is 25.0. The summed E-state index contributed by atoms with van der Waals surface area (Å²) in [5, 5.41) is 0. The summed E-state index contributed by atoms with van der Waals surface area (Å²) in [6, 6.07) is 0. The minimum Gasteiger partial charge on any atom is -0.463 e. The van der Waals surface area contributed by atoms with Gasteiger partial charge in [-0.15, -0.1) is 0 Å². The first kappa shape index (κ1) is 30.3. The molecule has 0 saturated heterocycles. The van der Waals surface area contributed by atoms with Crippen LogP contribution in [-0.4, -0.2) is 64.9 Å². The fourth-order valence-electron chi connectivity index (χ4n) is 3.09. The van der Waals surface area contributed by atoms with Crippen molar-refractivity contribution in [1.29, 1.82) is 0 Å². The summed E-state index contributed by atoms with van der Waals surface area (Å²) in [5.41, 5.74) is 0. The molecule has 0 aliphatic heterocycles. The summed E-state index contributed by atoms with van der Waals surface area (Å²) in [6.45, 7) is 10.8. The maximum Gasteiger partial charge on any atom is 0.306 e. The summed E-state index contributed by atoms with van der Waals surface area (Å²) in [4.78, 5) is 11.3. The molecule has 0 rings (SSSR count). The first-order chi connectivity index (χ1) is 15.2. The maximum atomic E-state index is 11.3. The van der Waals surface area contributed by atoms with Gasteiger partial charge in [-0.3, -0.25) is 4.79 Å². The largest absolute Gasteiger partial charge is 0.463 e. The lowest BCUT2D eigenvalue weighted by atomic mass is 10.1. The molecule has 186 valence electrons. The van der Waals surface area contributed by atoms with E-state index in [4.69, 9.17) is 23.7 Å². The second-order valence-electron chi connectivity index (χ2n) is 8.27. The molecule has 0 unspecified atom stereocenters. The second-order valence-corrected chi connectivity index (χ2v) is 8.27. The molecule has 0 N–H and O–H groups in total. The lowest BCUT2D eigenvalue weighted by Gasteiger charge is -2.08. The molecule has 0 heterocycles. The van der Waals surface area contributed by atoms with E-state index in [0.29, 0.717) is 59.1 Å². The van der Waals surface area contributed by atoms with Crippen molar-refractivity contribution in [1.82, 2.24) is 0 Å². The van der Waals surface area contributed by atoms with Crippen molar-refractivity contribution >= 4 is 5.97 Å². The third-order valence-electron chi connectivity index (χ3n) is 4.79. The predicted octanol–water partition coefficient (Wildman–Crippen LogP) is 5.71. The Labute approximate surface area is 191 Å². The summed E-state index contributed by atoms with van der Waals surface area (Å²) in [6.07, 6.45) is 14.5. The van der Waals surface area contributed by atoms with E-state index in [9.17, 15) is 4.79 Å².